The lowest BCUT2D eigenvalue weighted by atomic mass is 10.0. The number of phenols is 2. The highest BCUT2D eigenvalue weighted by molar-refractivity contribution is 7.22. The Kier molecular flexibility index (Phi) is 10.1. The third kappa shape index (κ3) is 7.56. The standard InChI is InChI=1S/C41H39N5O8S/c47-26-6-4-25(5-7-26)38-37(30-13-8-27(48)24-34(30)55-38)54-29-11-9-28(10-12-29)53-23-22-45-20-18-44(19-21-45)17-16-42-32-3-1-2-31-36(32)41(52)46(40(31)51)33-14-15-35(49)43-39(33)50/h1-13,24,33,42,47-48H,14-23H2,(H,43,49,50). The Bertz CT molecular complexity index is 2270. The Morgan fingerprint density at radius 3 is 2.25 bits per heavy atom. The molecule has 0 radical (unpaired) electrons. The van der Waals surface area contributed by atoms with E-state index in [9.17, 15) is 29.4 Å². The molecule has 1 atom stereocenters. The molecule has 4 N–H and O–H groups in total. The molecule has 5 aromatic rings. The van der Waals surface area contributed by atoms with Gasteiger partial charge in [-0.25, -0.2) is 0 Å². The van der Waals surface area contributed by atoms with Crippen molar-refractivity contribution in [1.29, 1.82) is 0 Å². The van der Waals surface area contributed by atoms with Crippen LogP contribution >= 0.6 is 11.3 Å². The van der Waals surface area contributed by atoms with Crippen LogP contribution in [0.2, 0.25) is 0 Å². The summed E-state index contributed by atoms with van der Waals surface area (Å²) in [5.74, 6) is 0.375. The summed E-state index contributed by atoms with van der Waals surface area (Å²) in [6.45, 7) is 6.18. The molecule has 1 unspecified atom stereocenters. The van der Waals surface area contributed by atoms with Gasteiger partial charge in [0.2, 0.25) is 11.8 Å². The third-order valence-corrected chi connectivity index (χ3v) is 11.3. The number of piperazine rings is 1. The number of imide groups is 2. The monoisotopic (exact) mass is 761 g/mol. The molecular formula is C41H39N5O8S. The molecule has 0 saturated carbocycles. The van der Waals surface area contributed by atoms with Crippen molar-refractivity contribution in [3.63, 3.8) is 0 Å². The molecular weight excluding hydrogens is 723 g/mol. The first kappa shape index (κ1) is 36.0. The molecule has 1 aromatic heterocycles. The van der Waals surface area contributed by atoms with E-state index in [0.717, 1.165) is 70.4 Å². The van der Waals surface area contributed by atoms with Gasteiger partial charge in [-0.05, 0) is 90.8 Å². The van der Waals surface area contributed by atoms with Crippen molar-refractivity contribution in [1.82, 2.24) is 20.0 Å². The van der Waals surface area contributed by atoms with Crippen molar-refractivity contribution >= 4 is 50.7 Å². The maximum Gasteiger partial charge on any atom is 0.264 e. The summed E-state index contributed by atoms with van der Waals surface area (Å²) in [6.07, 6.45) is 0.196. The Labute approximate surface area is 320 Å². The maximum absolute atomic E-state index is 13.4. The summed E-state index contributed by atoms with van der Waals surface area (Å²) in [5.41, 5.74) is 1.98. The number of benzene rings is 4. The van der Waals surface area contributed by atoms with E-state index in [4.69, 9.17) is 9.47 Å². The van der Waals surface area contributed by atoms with Crippen LogP contribution in [0.4, 0.5) is 5.69 Å². The SMILES string of the molecule is O=C1CCC(N2C(=O)c3cccc(NCCN4CCN(CCOc5ccc(Oc6c(-c7ccc(O)cc7)sc7cc(O)ccc67)cc5)CC4)c3C2=O)C(=O)N1. The fourth-order valence-corrected chi connectivity index (χ4v) is 8.40. The van der Waals surface area contributed by atoms with Gasteiger partial charge in [-0.3, -0.25) is 39.2 Å². The minimum Gasteiger partial charge on any atom is -0.508 e. The van der Waals surface area contributed by atoms with E-state index in [1.54, 1.807) is 42.5 Å². The first-order valence-corrected chi connectivity index (χ1v) is 19.0. The van der Waals surface area contributed by atoms with Crippen molar-refractivity contribution in [2.45, 2.75) is 18.9 Å². The number of ether oxygens (including phenoxy) is 2. The average molecular weight is 762 g/mol. The van der Waals surface area contributed by atoms with E-state index < -0.39 is 29.7 Å². The predicted octanol–water partition coefficient (Wildman–Crippen LogP) is 5.28. The van der Waals surface area contributed by atoms with Gasteiger partial charge in [0, 0.05) is 68.0 Å². The average Bonchev–Trinajstić information content (AvgIpc) is 3.66. The number of thiophene rings is 1. The number of aromatic hydroxyl groups is 2. The number of amides is 4. The van der Waals surface area contributed by atoms with Gasteiger partial charge in [-0.2, -0.15) is 0 Å². The van der Waals surface area contributed by atoms with Crippen LogP contribution in [0.3, 0.4) is 0 Å². The topological polar surface area (TPSA) is 161 Å². The number of phenolic OH excluding ortho intramolecular Hbond substituents is 2. The molecule has 4 amide bonds. The normalized spacial score (nSPS) is 17.7. The van der Waals surface area contributed by atoms with Crippen LogP contribution in [-0.4, -0.2) is 107 Å². The van der Waals surface area contributed by atoms with Gasteiger partial charge in [0.15, 0.2) is 5.75 Å². The van der Waals surface area contributed by atoms with Gasteiger partial charge in [0.05, 0.1) is 16.0 Å². The number of hydrogen-bond acceptors (Lipinski definition) is 12. The number of piperidine rings is 1. The molecule has 0 bridgehead atoms. The minimum atomic E-state index is -0.997. The van der Waals surface area contributed by atoms with E-state index in [1.807, 2.05) is 42.5 Å². The Hall–Kier alpha value is -5.96. The Morgan fingerprint density at radius 1 is 0.800 bits per heavy atom. The molecule has 2 fully saturated rings. The zero-order chi connectivity index (χ0) is 38.1. The first-order chi connectivity index (χ1) is 26.7. The predicted molar refractivity (Wildman–Crippen MR) is 207 cm³/mol. The number of rotatable bonds is 12. The van der Waals surface area contributed by atoms with E-state index in [2.05, 4.69) is 20.4 Å². The van der Waals surface area contributed by atoms with Crippen LogP contribution in [0, 0.1) is 0 Å². The van der Waals surface area contributed by atoms with Crippen LogP contribution in [0.5, 0.6) is 28.7 Å². The molecule has 3 aliphatic heterocycles. The van der Waals surface area contributed by atoms with E-state index in [1.165, 1.54) is 11.3 Å². The van der Waals surface area contributed by atoms with Gasteiger partial charge in [0.1, 0.15) is 35.6 Å². The van der Waals surface area contributed by atoms with Crippen LogP contribution < -0.4 is 20.1 Å². The fraction of sp³-hybridized carbons (Fsp3) is 0.268. The van der Waals surface area contributed by atoms with Gasteiger partial charge in [-0.15, -0.1) is 11.3 Å². The van der Waals surface area contributed by atoms with E-state index in [0.29, 0.717) is 30.3 Å². The van der Waals surface area contributed by atoms with Gasteiger partial charge < -0.3 is 25.0 Å². The highest BCUT2D eigenvalue weighted by Crippen LogP contribution is 2.47. The Balaban J connectivity index is 0.793. The summed E-state index contributed by atoms with van der Waals surface area (Å²) in [5, 5.41) is 26.3. The van der Waals surface area contributed by atoms with Crippen LogP contribution in [-0.2, 0) is 9.59 Å². The minimum absolute atomic E-state index is 0.0774. The van der Waals surface area contributed by atoms with Crippen molar-refractivity contribution in [3.8, 4) is 39.2 Å². The van der Waals surface area contributed by atoms with Gasteiger partial charge >= 0.3 is 0 Å². The second kappa shape index (κ2) is 15.4. The van der Waals surface area contributed by atoms with Crippen molar-refractivity contribution in [2.75, 3.05) is 57.7 Å². The largest absolute Gasteiger partial charge is 0.508 e. The van der Waals surface area contributed by atoms with E-state index in [-0.39, 0.29) is 35.5 Å². The molecule has 0 aliphatic carbocycles. The number of carbonyl (C=O) groups excluding carboxylic acids is 4. The summed E-state index contributed by atoms with van der Waals surface area (Å²) < 4.78 is 13.4. The first-order valence-electron chi connectivity index (χ1n) is 18.2. The molecule has 8 rings (SSSR count). The molecule has 0 spiro atoms. The van der Waals surface area contributed by atoms with Crippen molar-refractivity contribution < 1.29 is 38.9 Å². The number of carbonyl (C=O) groups is 4. The number of nitrogens with zero attached hydrogens (tertiary/aromatic N) is 3. The zero-order valence-corrected chi connectivity index (χ0v) is 30.6. The third-order valence-electron chi connectivity index (χ3n) is 10.2. The molecule has 4 aromatic carbocycles. The lowest BCUT2D eigenvalue weighted by molar-refractivity contribution is -0.136. The highest BCUT2D eigenvalue weighted by Gasteiger charge is 2.45. The number of fused-ring (bicyclic) bond motifs is 2. The number of hydrogen-bond donors (Lipinski definition) is 4. The summed E-state index contributed by atoms with van der Waals surface area (Å²) in [4.78, 5) is 57.1. The van der Waals surface area contributed by atoms with Crippen LogP contribution in [0.25, 0.3) is 20.5 Å². The summed E-state index contributed by atoms with van der Waals surface area (Å²) in [7, 11) is 0. The molecule has 3 aliphatic rings. The number of nitrogens with one attached hydrogen (secondary N) is 2. The van der Waals surface area contributed by atoms with Crippen LogP contribution in [0.1, 0.15) is 33.6 Å². The molecule has 13 nitrogen and oxygen atoms in total. The van der Waals surface area contributed by atoms with Gasteiger partial charge in [-0.1, -0.05) is 6.07 Å². The second-order valence-electron chi connectivity index (χ2n) is 13.7. The molecule has 55 heavy (non-hydrogen) atoms. The molecule has 4 heterocycles. The lowest BCUT2D eigenvalue weighted by Crippen LogP contribution is -2.54. The fourth-order valence-electron chi connectivity index (χ4n) is 7.23. The zero-order valence-electron chi connectivity index (χ0n) is 29.8. The molecule has 2 saturated heterocycles. The Morgan fingerprint density at radius 2 is 1.51 bits per heavy atom. The maximum atomic E-state index is 13.4. The summed E-state index contributed by atoms with van der Waals surface area (Å²) in [6, 6.07) is 23.8. The highest BCUT2D eigenvalue weighted by atomic mass is 32.1. The van der Waals surface area contributed by atoms with Crippen molar-refractivity contribution in [2.24, 2.45) is 0 Å². The molecule has 282 valence electrons. The second-order valence-corrected chi connectivity index (χ2v) is 14.7. The summed E-state index contributed by atoms with van der Waals surface area (Å²) >= 11 is 1.51. The molecule has 14 heteroatoms. The van der Waals surface area contributed by atoms with E-state index >= 15 is 0 Å². The lowest BCUT2D eigenvalue weighted by Gasteiger charge is -2.34. The number of anilines is 1. The quantitative estimate of drug-likeness (QED) is 0.123. The van der Waals surface area contributed by atoms with Gasteiger partial charge in [0.25, 0.3) is 11.8 Å². The van der Waals surface area contributed by atoms with Crippen molar-refractivity contribution in [3.05, 3.63) is 96.1 Å². The smallest absolute Gasteiger partial charge is 0.264 e. The van der Waals surface area contributed by atoms with Crippen LogP contribution in [0.15, 0.2) is 84.9 Å².